The molecule has 0 saturated heterocycles. The maximum absolute atomic E-state index is 5.89. The number of hydrogen-bond donors (Lipinski definition) is 1. The Kier molecular flexibility index (Phi) is 4.05. The van der Waals surface area contributed by atoms with E-state index in [0.717, 1.165) is 18.7 Å². The van der Waals surface area contributed by atoms with Crippen LogP contribution in [-0.2, 0) is 13.0 Å². The zero-order valence-electron chi connectivity index (χ0n) is 11.0. The highest BCUT2D eigenvalue weighted by atomic mass is 16.3. The van der Waals surface area contributed by atoms with Gasteiger partial charge in [0.05, 0.1) is 12.8 Å². The molecule has 0 amide bonds. The molecule has 3 heteroatoms. The van der Waals surface area contributed by atoms with Gasteiger partial charge in [-0.25, -0.2) is 0 Å². The van der Waals surface area contributed by atoms with Gasteiger partial charge in [0.25, 0.3) is 0 Å². The zero-order chi connectivity index (χ0) is 13.0. The van der Waals surface area contributed by atoms with E-state index in [9.17, 15) is 0 Å². The number of hydrogen-bond acceptors (Lipinski definition) is 3. The number of nitrogens with zero attached hydrogens (tertiary/aromatic N) is 1. The van der Waals surface area contributed by atoms with Crippen molar-refractivity contribution in [1.29, 1.82) is 0 Å². The van der Waals surface area contributed by atoms with Gasteiger partial charge in [-0.2, -0.15) is 0 Å². The van der Waals surface area contributed by atoms with E-state index >= 15 is 0 Å². The van der Waals surface area contributed by atoms with Gasteiger partial charge in [0.1, 0.15) is 5.76 Å². The first kappa shape index (κ1) is 12.7. The molecule has 96 valence electrons. The Labute approximate surface area is 108 Å². The topological polar surface area (TPSA) is 42.4 Å². The van der Waals surface area contributed by atoms with E-state index in [1.165, 1.54) is 11.3 Å². The van der Waals surface area contributed by atoms with Gasteiger partial charge in [0.15, 0.2) is 0 Å². The average molecular weight is 244 g/mol. The monoisotopic (exact) mass is 244 g/mol. The van der Waals surface area contributed by atoms with Gasteiger partial charge in [-0.1, -0.05) is 18.2 Å². The van der Waals surface area contributed by atoms with Crippen molar-refractivity contribution in [2.24, 2.45) is 5.73 Å². The Bertz CT molecular complexity index is 477. The van der Waals surface area contributed by atoms with E-state index in [4.69, 9.17) is 10.2 Å². The van der Waals surface area contributed by atoms with Crippen LogP contribution in [0.4, 0.5) is 5.69 Å². The molecule has 2 N–H and O–H groups in total. The molecule has 0 saturated carbocycles. The lowest BCUT2D eigenvalue weighted by atomic mass is 10.0. The highest BCUT2D eigenvalue weighted by Crippen LogP contribution is 2.22. The van der Waals surface area contributed by atoms with Crippen LogP contribution in [0.3, 0.4) is 0 Å². The minimum atomic E-state index is 0.170. The van der Waals surface area contributed by atoms with Crippen LogP contribution in [-0.4, -0.2) is 13.1 Å². The molecule has 1 aromatic heterocycles. The predicted octanol–water partition coefficient (Wildman–Crippen LogP) is 2.81. The molecule has 0 bridgehead atoms. The van der Waals surface area contributed by atoms with Crippen LogP contribution < -0.4 is 10.6 Å². The summed E-state index contributed by atoms with van der Waals surface area (Å²) in [6, 6.07) is 12.4. The van der Waals surface area contributed by atoms with Gasteiger partial charge < -0.3 is 15.1 Å². The van der Waals surface area contributed by atoms with Gasteiger partial charge in [0.2, 0.25) is 0 Å². The van der Waals surface area contributed by atoms with Crippen molar-refractivity contribution in [2.45, 2.75) is 25.9 Å². The fourth-order valence-electron chi connectivity index (χ4n) is 2.12. The summed E-state index contributed by atoms with van der Waals surface area (Å²) >= 11 is 0. The summed E-state index contributed by atoms with van der Waals surface area (Å²) in [6.07, 6.45) is 2.59. The lowest BCUT2D eigenvalue weighted by molar-refractivity contribution is 0.507. The summed E-state index contributed by atoms with van der Waals surface area (Å²) in [7, 11) is 2.07. The van der Waals surface area contributed by atoms with Crippen molar-refractivity contribution < 1.29 is 4.42 Å². The quantitative estimate of drug-likeness (QED) is 0.879. The van der Waals surface area contributed by atoms with E-state index in [-0.39, 0.29) is 6.04 Å². The molecule has 1 heterocycles. The SMILES string of the molecule is CC(N)Cc1ccccc1N(C)Cc1ccco1. The Morgan fingerprint density at radius 2 is 2.00 bits per heavy atom. The molecule has 0 radical (unpaired) electrons. The number of nitrogens with two attached hydrogens (primary N) is 1. The van der Waals surface area contributed by atoms with Crippen LogP contribution in [0.15, 0.2) is 47.1 Å². The third-order valence-electron chi connectivity index (χ3n) is 2.92. The maximum Gasteiger partial charge on any atom is 0.123 e. The highest BCUT2D eigenvalue weighted by Gasteiger charge is 2.09. The summed E-state index contributed by atoms with van der Waals surface area (Å²) in [4.78, 5) is 2.19. The summed E-state index contributed by atoms with van der Waals surface area (Å²) in [5.74, 6) is 0.966. The van der Waals surface area contributed by atoms with Crippen molar-refractivity contribution in [3.63, 3.8) is 0 Å². The molecule has 1 unspecified atom stereocenters. The standard InChI is InChI=1S/C15H20N2O/c1-12(16)10-13-6-3-4-8-15(13)17(2)11-14-7-5-9-18-14/h3-9,12H,10-11,16H2,1-2H3. The maximum atomic E-state index is 5.89. The predicted molar refractivity (Wildman–Crippen MR) is 74.6 cm³/mol. The van der Waals surface area contributed by atoms with Crippen LogP contribution in [0.25, 0.3) is 0 Å². The van der Waals surface area contributed by atoms with Gasteiger partial charge in [0, 0.05) is 18.8 Å². The van der Waals surface area contributed by atoms with Gasteiger partial charge in [-0.3, -0.25) is 0 Å². The molecule has 1 atom stereocenters. The molecule has 2 rings (SSSR count). The second kappa shape index (κ2) is 5.74. The molecule has 0 aliphatic rings. The largest absolute Gasteiger partial charge is 0.467 e. The molecule has 3 nitrogen and oxygen atoms in total. The van der Waals surface area contributed by atoms with Gasteiger partial charge in [-0.15, -0.1) is 0 Å². The summed E-state index contributed by atoms with van der Waals surface area (Å²) in [5.41, 5.74) is 8.39. The number of anilines is 1. The Hall–Kier alpha value is -1.74. The lowest BCUT2D eigenvalue weighted by Crippen LogP contribution is -2.22. The fraction of sp³-hybridized carbons (Fsp3) is 0.333. The van der Waals surface area contributed by atoms with E-state index in [2.05, 4.69) is 36.2 Å². The third kappa shape index (κ3) is 3.14. The van der Waals surface area contributed by atoms with E-state index in [1.807, 2.05) is 19.1 Å². The zero-order valence-corrected chi connectivity index (χ0v) is 11.0. The first-order valence-corrected chi connectivity index (χ1v) is 6.24. The lowest BCUT2D eigenvalue weighted by Gasteiger charge is -2.22. The average Bonchev–Trinajstić information content (AvgIpc) is 2.81. The summed E-state index contributed by atoms with van der Waals surface area (Å²) < 4.78 is 5.38. The minimum absolute atomic E-state index is 0.170. The second-order valence-electron chi connectivity index (χ2n) is 4.75. The first-order valence-electron chi connectivity index (χ1n) is 6.24. The smallest absolute Gasteiger partial charge is 0.123 e. The summed E-state index contributed by atoms with van der Waals surface area (Å²) in [6.45, 7) is 2.80. The van der Waals surface area contributed by atoms with Crippen LogP contribution in [0.2, 0.25) is 0 Å². The fourth-order valence-corrected chi connectivity index (χ4v) is 2.12. The Balaban J connectivity index is 2.16. The van der Waals surface area contributed by atoms with Gasteiger partial charge in [-0.05, 0) is 37.1 Å². The second-order valence-corrected chi connectivity index (χ2v) is 4.75. The molecule has 0 aliphatic carbocycles. The molecule has 0 fully saturated rings. The van der Waals surface area contributed by atoms with E-state index in [1.54, 1.807) is 6.26 Å². The molecular weight excluding hydrogens is 224 g/mol. The molecule has 0 aliphatic heterocycles. The Morgan fingerprint density at radius 1 is 1.22 bits per heavy atom. The van der Waals surface area contributed by atoms with Crippen molar-refractivity contribution in [3.05, 3.63) is 54.0 Å². The third-order valence-corrected chi connectivity index (χ3v) is 2.92. The van der Waals surface area contributed by atoms with Crippen LogP contribution in [0.5, 0.6) is 0 Å². The van der Waals surface area contributed by atoms with Crippen LogP contribution >= 0.6 is 0 Å². The van der Waals surface area contributed by atoms with Crippen molar-refractivity contribution >= 4 is 5.69 Å². The van der Waals surface area contributed by atoms with Crippen LogP contribution in [0.1, 0.15) is 18.2 Å². The van der Waals surface area contributed by atoms with E-state index in [0.29, 0.717) is 0 Å². The highest BCUT2D eigenvalue weighted by molar-refractivity contribution is 5.53. The first-order chi connectivity index (χ1) is 8.66. The number of rotatable bonds is 5. The molecule has 18 heavy (non-hydrogen) atoms. The summed E-state index contributed by atoms with van der Waals surface area (Å²) in [5, 5.41) is 0. The van der Waals surface area contributed by atoms with Crippen LogP contribution in [0, 0.1) is 0 Å². The molecular formula is C15H20N2O. The molecule has 0 spiro atoms. The number of para-hydroxylation sites is 1. The van der Waals surface area contributed by atoms with Crippen molar-refractivity contribution in [3.8, 4) is 0 Å². The number of furan rings is 1. The van der Waals surface area contributed by atoms with Crippen molar-refractivity contribution in [2.75, 3.05) is 11.9 Å². The van der Waals surface area contributed by atoms with E-state index < -0.39 is 0 Å². The Morgan fingerprint density at radius 3 is 2.67 bits per heavy atom. The minimum Gasteiger partial charge on any atom is -0.467 e. The number of benzene rings is 1. The normalized spacial score (nSPS) is 12.4. The van der Waals surface area contributed by atoms with Crippen molar-refractivity contribution in [1.82, 2.24) is 0 Å². The molecule has 1 aromatic carbocycles. The molecule has 2 aromatic rings. The van der Waals surface area contributed by atoms with Gasteiger partial charge >= 0.3 is 0 Å².